The van der Waals surface area contributed by atoms with Gasteiger partial charge in [0, 0.05) is 24.6 Å². The second-order valence-corrected chi connectivity index (χ2v) is 11.7. The van der Waals surface area contributed by atoms with Crippen LogP contribution in [0.2, 0.25) is 0 Å². The van der Waals surface area contributed by atoms with E-state index in [0.29, 0.717) is 12.2 Å². The van der Waals surface area contributed by atoms with E-state index in [0.717, 1.165) is 16.1 Å². The maximum atomic E-state index is 14.9. The predicted octanol–water partition coefficient (Wildman–Crippen LogP) is 4.55. The molecule has 0 aromatic heterocycles. The van der Waals surface area contributed by atoms with E-state index in [-0.39, 0.29) is 36.9 Å². The number of carbonyl (C=O) groups excluding carboxylic acids is 2. The van der Waals surface area contributed by atoms with Crippen LogP contribution >= 0.6 is 0 Å². The monoisotopic (exact) mass is 583 g/mol. The SMILES string of the molecule is CCOc1ccccc1N(CC(=O)N(Cc1ccccc1F)[C@H](Cc1ccccc1)C(=O)N[C@H](C)CC)S(C)(=O)=O. The Morgan fingerprint density at radius 2 is 1.59 bits per heavy atom. The molecule has 0 bridgehead atoms. The van der Waals surface area contributed by atoms with Crippen LogP contribution in [-0.4, -0.2) is 56.6 Å². The van der Waals surface area contributed by atoms with Crippen molar-refractivity contribution in [2.24, 2.45) is 0 Å². The van der Waals surface area contributed by atoms with Crippen LogP contribution in [0.5, 0.6) is 5.75 Å². The summed E-state index contributed by atoms with van der Waals surface area (Å²) >= 11 is 0. The number of rotatable bonds is 14. The van der Waals surface area contributed by atoms with Crippen molar-refractivity contribution < 1.29 is 27.1 Å². The average molecular weight is 584 g/mol. The van der Waals surface area contributed by atoms with Crippen LogP contribution < -0.4 is 14.4 Å². The van der Waals surface area contributed by atoms with Crippen LogP contribution in [0.1, 0.15) is 38.3 Å². The number of hydrogen-bond acceptors (Lipinski definition) is 5. The number of sulfonamides is 1. The number of hydrogen-bond donors (Lipinski definition) is 1. The lowest BCUT2D eigenvalue weighted by atomic mass is 10.0. The molecule has 0 aliphatic heterocycles. The molecule has 3 aromatic carbocycles. The number of benzene rings is 3. The van der Waals surface area contributed by atoms with E-state index >= 15 is 0 Å². The van der Waals surface area contributed by atoms with Crippen molar-refractivity contribution in [3.05, 3.63) is 95.8 Å². The standard InChI is InChI=1S/C31H38FN3O5S/c1-5-23(3)33-31(37)28(20-24-14-8-7-9-15-24)34(21-25-16-10-11-17-26(25)32)30(36)22-35(41(4,38)39)27-18-12-13-19-29(27)40-6-2/h7-19,23,28H,5-6,20-22H2,1-4H3,(H,33,37)/t23-,28-/m1/s1. The van der Waals surface area contributed by atoms with Crippen LogP contribution in [0.15, 0.2) is 78.9 Å². The predicted molar refractivity (Wildman–Crippen MR) is 159 cm³/mol. The van der Waals surface area contributed by atoms with Crippen LogP contribution in [-0.2, 0) is 32.6 Å². The zero-order chi connectivity index (χ0) is 30.0. The minimum Gasteiger partial charge on any atom is -0.492 e. The van der Waals surface area contributed by atoms with E-state index in [2.05, 4.69) is 5.32 Å². The molecule has 3 aromatic rings. The summed E-state index contributed by atoms with van der Waals surface area (Å²) in [6, 6.07) is 20.5. The Morgan fingerprint density at radius 1 is 0.951 bits per heavy atom. The number of anilines is 1. The number of carbonyl (C=O) groups is 2. The summed E-state index contributed by atoms with van der Waals surface area (Å²) < 4.78 is 47.5. The Kier molecular flexibility index (Phi) is 11.3. The quantitative estimate of drug-likeness (QED) is 0.301. The molecule has 0 aliphatic rings. The molecule has 0 fully saturated rings. The number of nitrogens with one attached hydrogen (secondary N) is 1. The maximum absolute atomic E-state index is 14.9. The van der Waals surface area contributed by atoms with Crippen molar-refractivity contribution >= 4 is 27.5 Å². The van der Waals surface area contributed by atoms with Crippen LogP contribution in [0.4, 0.5) is 10.1 Å². The highest BCUT2D eigenvalue weighted by atomic mass is 32.2. The Labute approximate surface area is 242 Å². The van der Waals surface area contributed by atoms with E-state index in [9.17, 15) is 22.4 Å². The molecule has 41 heavy (non-hydrogen) atoms. The lowest BCUT2D eigenvalue weighted by Crippen LogP contribution is -2.54. The second-order valence-electron chi connectivity index (χ2n) is 9.81. The summed E-state index contributed by atoms with van der Waals surface area (Å²) in [5.41, 5.74) is 1.19. The van der Waals surface area contributed by atoms with Gasteiger partial charge in [-0.2, -0.15) is 0 Å². The first-order valence-corrected chi connectivity index (χ1v) is 15.5. The molecule has 10 heteroatoms. The third kappa shape index (κ3) is 8.78. The summed E-state index contributed by atoms with van der Waals surface area (Å²) in [5.74, 6) is -1.31. The summed E-state index contributed by atoms with van der Waals surface area (Å²) in [6.07, 6.45) is 1.82. The summed E-state index contributed by atoms with van der Waals surface area (Å²) in [5, 5.41) is 2.95. The van der Waals surface area contributed by atoms with E-state index in [1.165, 1.54) is 17.0 Å². The molecule has 2 atom stereocenters. The number of nitrogens with zero attached hydrogens (tertiary/aromatic N) is 2. The number of amides is 2. The van der Waals surface area contributed by atoms with Crippen LogP contribution in [0.25, 0.3) is 0 Å². The fraction of sp³-hybridized carbons (Fsp3) is 0.355. The Morgan fingerprint density at radius 3 is 2.22 bits per heavy atom. The van der Waals surface area contributed by atoms with Crippen molar-refractivity contribution in [3.8, 4) is 5.75 Å². The van der Waals surface area contributed by atoms with Gasteiger partial charge in [-0.15, -0.1) is 0 Å². The highest BCUT2D eigenvalue weighted by Crippen LogP contribution is 2.30. The average Bonchev–Trinajstić information content (AvgIpc) is 2.95. The molecule has 0 spiro atoms. The fourth-order valence-electron chi connectivity index (χ4n) is 4.34. The number of para-hydroxylation sites is 2. The normalized spacial score (nSPS) is 12.7. The van der Waals surface area contributed by atoms with Gasteiger partial charge < -0.3 is 15.0 Å². The van der Waals surface area contributed by atoms with Gasteiger partial charge in [-0.05, 0) is 44.0 Å². The van der Waals surface area contributed by atoms with E-state index in [1.807, 2.05) is 44.2 Å². The van der Waals surface area contributed by atoms with Gasteiger partial charge in [-0.25, -0.2) is 12.8 Å². The zero-order valence-corrected chi connectivity index (χ0v) is 24.7. The molecular weight excluding hydrogens is 545 g/mol. The van der Waals surface area contributed by atoms with Gasteiger partial charge in [0.15, 0.2) is 0 Å². The third-order valence-electron chi connectivity index (χ3n) is 6.68. The van der Waals surface area contributed by atoms with Crippen molar-refractivity contribution in [3.63, 3.8) is 0 Å². The van der Waals surface area contributed by atoms with Gasteiger partial charge in [-0.3, -0.25) is 13.9 Å². The molecule has 0 saturated carbocycles. The fourth-order valence-corrected chi connectivity index (χ4v) is 5.19. The highest BCUT2D eigenvalue weighted by molar-refractivity contribution is 7.92. The van der Waals surface area contributed by atoms with Gasteiger partial charge in [0.25, 0.3) is 0 Å². The van der Waals surface area contributed by atoms with Gasteiger partial charge in [0.2, 0.25) is 21.8 Å². The molecule has 0 radical (unpaired) electrons. The van der Waals surface area contributed by atoms with Crippen molar-refractivity contribution in [1.29, 1.82) is 0 Å². The first kappa shape index (κ1) is 31.6. The molecule has 8 nitrogen and oxygen atoms in total. The second kappa shape index (κ2) is 14.6. The zero-order valence-electron chi connectivity index (χ0n) is 23.9. The van der Waals surface area contributed by atoms with Gasteiger partial charge in [0.1, 0.15) is 24.2 Å². The molecule has 0 heterocycles. The Hall–Kier alpha value is -3.92. The first-order chi connectivity index (χ1) is 19.5. The molecule has 0 unspecified atom stereocenters. The smallest absolute Gasteiger partial charge is 0.244 e. The van der Waals surface area contributed by atoms with Crippen LogP contribution in [0, 0.1) is 5.82 Å². The van der Waals surface area contributed by atoms with Gasteiger partial charge >= 0.3 is 0 Å². The number of halogens is 1. The Bertz CT molecular complexity index is 1420. The van der Waals surface area contributed by atoms with Gasteiger partial charge in [0.05, 0.1) is 18.6 Å². The lowest BCUT2D eigenvalue weighted by molar-refractivity contribution is -0.140. The first-order valence-electron chi connectivity index (χ1n) is 13.6. The molecule has 1 N–H and O–H groups in total. The molecular formula is C31H38FN3O5S. The topological polar surface area (TPSA) is 96.0 Å². The van der Waals surface area contributed by atoms with Gasteiger partial charge in [-0.1, -0.05) is 67.6 Å². The Balaban J connectivity index is 2.09. The molecule has 3 rings (SSSR count). The lowest BCUT2D eigenvalue weighted by Gasteiger charge is -2.34. The van der Waals surface area contributed by atoms with Crippen molar-refractivity contribution in [2.45, 2.75) is 52.2 Å². The highest BCUT2D eigenvalue weighted by Gasteiger charge is 2.34. The van der Waals surface area contributed by atoms with E-state index in [4.69, 9.17) is 4.74 Å². The van der Waals surface area contributed by atoms with Crippen LogP contribution in [0.3, 0.4) is 0 Å². The summed E-state index contributed by atoms with van der Waals surface area (Å²) in [7, 11) is -3.96. The molecule has 2 amide bonds. The summed E-state index contributed by atoms with van der Waals surface area (Å²) in [6.45, 7) is 5.00. The van der Waals surface area contributed by atoms with Crippen molar-refractivity contribution in [1.82, 2.24) is 10.2 Å². The molecule has 0 saturated heterocycles. The third-order valence-corrected chi connectivity index (χ3v) is 7.81. The van der Waals surface area contributed by atoms with E-state index < -0.39 is 40.2 Å². The molecule has 220 valence electrons. The summed E-state index contributed by atoms with van der Waals surface area (Å²) in [4.78, 5) is 29.1. The maximum Gasteiger partial charge on any atom is 0.244 e. The largest absolute Gasteiger partial charge is 0.492 e. The number of ether oxygens (including phenoxy) is 1. The minimum absolute atomic E-state index is 0.151. The minimum atomic E-state index is -3.96. The van der Waals surface area contributed by atoms with Crippen molar-refractivity contribution in [2.75, 3.05) is 23.7 Å². The van der Waals surface area contributed by atoms with E-state index in [1.54, 1.807) is 43.3 Å². The molecule has 0 aliphatic carbocycles.